The van der Waals surface area contributed by atoms with Gasteiger partial charge in [0, 0.05) is 6.92 Å². The van der Waals surface area contributed by atoms with E-state index in [2.05, 4.69) is 4.74 Å². The number of carbonyl (C=O) groups excluding carboxylic acids is 1. The fourth-order valence-corrected chi connectivity index (χ4v) is 0.392. The molecule has 0 aliphatic rings. The molecule has 0 spiro atoms. The van der Waals surface area contributed by atoms with Crippen molar-refractivity contribution < 1.29 is 14.1 Å². The highest BCUT2D eigenvalue weighted by Gasteiger charge is 1.89. The molecule has 0 aromatic carbocycles. The third-order valence-corrected chi connectivity index (χ3v) is 0.853. The van der Waals surface area contributed by atoms with Crippen molar-refractivity contribution in [3.63, 3.8) is 0 Å². The Balaban J connectivity index is 2.93. The van der Waals surface area contributed by atoms with Crippen LogP contribution in [0.2, 0.25) is 0 Å². The van der Waals surface area contributed by atoms with Gasteiger partial charge in [0.05, 0.1) is 6.16 Å². The molecular weight excluding hydrogens is 127 g/mol. The van der Waals surface area contributed by atoms with Crippen LogP contribution in [0.15, 0.2) is 0 Å². The predicted molar refractivity (Wildman–Crippen MR) is 29.1 cm³/mol. The topological polar surface area (TPSA) is 43.4 Å². The summed E-state index contributed by atoms with van der Waals surface area (Å²) in [6, 6.07) is 0. The van der Waals surface area contributed by atoms with Gasteiger partial charge in [-0.15, -0.1) is 0 Å². The third-order valence-electron chi connectivity index (χ3n) is 0.488. The smallest absolute Gasteiger partial charge is 0.302 e. The van der Waals surface area contributed by atoms with Crippen molar-refractivity contribution in [1.82, 2.24) is 0 Å². The Labute approximate surface area is 49.2 Å². The molecule has 0 bridgehead atoms. The van der Waals surface area contributed by atoms with E-state index < -0.39 is 0 Å². The molecule has 0 aromatic rings. The molecule has 0 aliphatic carbocycles. The number of hydrogen-bond donors (Lipinski definition) is 0. The molecule has 0 N–H and O–H groups in total. The van der Waals surface area contributed by atoms with E-state index in [1.165, 1.54) is 6.92 Å². The normalized spacial score (nSPS) is 9.12. The third kappa shape index (κ3) is 5.57. The van der Waals surface area contributed by atoms with Crippen LogP contribution >= 0.6 is 8.46 Å². The van der Waals surface area contributed by atoms with Gasteiger partial charge in [0.1, 0.15) is 6.61 Å². The summed E-state index contributed by atoms with van der Waals surface area (Å²) in [6.07, 6.45) is 0.388. The Kier molecular flexibility index (Phi) is 4.47. The fourth-order valence-electron chi connectivity index (χ4n) is 0.227. The number of hydrogen-bond acceptors (Lipinski definition) is 3. The van der Waals surface area contributed by atoms with Gasteiger partial charge in [0.25, 0.3) is 0 Å². The largest absolute Gasteiger partial charge is 0.465 e. The highest BCUT2D eigenvalue weighted by atomic mass is 31.1. The first-order valence-corrected chi connectivity index (χ1v) is 3.19. The number of esters is 1. The second kappa shape index (κ2) is 4.72. The Morgan fingerprint density at radius 1 is 1.75 bits per heavy atom. The minimum absolute atomic E-state index is 0.0232. The SMILES string of the molecule is CC(=O)OCCP=O. The number of rotatable bonds is 3. The lowest BCUT2D eigenvalue weighted by molar-refractivity contribution is -0.140. The number of ether oxygens (including phenoxy) is 1. The Bertz CT molecular complexity index is 91.3. The molecule has 8 heavy (non-hydrogen) atoms. The molecule has 0 aromatic heterocycles. The van der Waals surface area contributed by atoms with Crippen LogP contribution in [0.3, 0.4) is 0 Å². The molecule has 0 aliphatic heterocycles. The van der Waals surface area contributed by atoms with Gasteiger partial charge in [0.2, 0.25) is 0 Å². The highest BCUT2D eigenvalue weighted by Crippen LogP contribution is 1.89. The van der Waals surface area contributed by atoms with Gasteiger partial charge < -0.3 is 4.74 Å². The molecule has 0 rings (SSSR count). The molecule has 0 fully saturated rings. The van der Waals surface area contributed by atoms with Gasteiger partial charge in [-0.25, -0.2) is 0 Å². The van der Waals surface area contributed by atoms with Crippen molar-refractivity contribution >= 4 is 14.4 Å². The van der Waals surface area contributed by atoms with Gasteiger partial charge in [-0.05, 0) is 0 Å². The second-order valence-corrected chi connectivity index (χ2v) is 1.90. The minimum atomic E-state index is -0.325. The summed E-state index contributed by atoms with van der Waals surface area (Å²) < 4.78 is 14.1. The maximum Gasteiger partial charge on any atom is 0.302 e. The van der Waals surface area contributed by atoms with Crippen molar-refractivity contribution in [3.05, 3.63) is 0 Å². The first kappa shape index (κ1) is 7.57. The first-order chi connectivity index (χ1) is 3.77. The Hall–Kier alpha value is -0.430. The van der Waals surface area contributed by atoms with E-state index in [-0.39, 0.29) is 21.0 Å². The molecule has 0 amide bonds. The van der Waals surface area contributed by atoms with E-state index in [0.717, 1.165) is 0 Å². The van der Waals surface area contributed by atoms with E-state index in [9.17, 15) is 9.36 Å². The molecule has 46 valence electrons. The molecule has 0 radical (unpaired) electrons. The van der Waals surface area contributed by atoms with E-state index >= 15 is 0 Å². The zero-order valence-corrected chi connectivity index (χ0v) is 5.48. The molecule has 0 unspecified atom stereocenters. The first-order valence-electron chi connectivity index (χ1n) is 2.20. The summed E-state index contributed by atoms with van der Waals surface area (Å²) in [5, 5.41) is 0. The summed E-state index contributed by atoms with van der Waals surface area (Å²) in [4.78, 5) is 9.99. The van der Waals surface area contributed by atoms with Crippen molar-refractivity contribution in [2.45, 2.75) is 6.92 Å². The van der Waals surface area contributed by atoms with Crippen LogP contribution < -0.4 is 0 Å². The van der Waals surface area contributed by atoms with Crippen molar-refractivity contribution in [2.75, 3.05) is 12.8 Å². The van der Waals surface area contributed by atoms with Crippen LogP contribution in [-0.2, 0) is 14.1 Å². The average Bonchev–Trinajstić information content (AvgIpc) is 1.66. The lowest BCUT2D eigenvalue weighted by Crippen LogP contribution is -2.00. The lowest BCUT2D eigenvalue weighted by atomic mass is 10.8. The monoisotopic (exact) mass is 134 g/mol. The summed E-state index contributed by atoms with van der Waals surface area (Å²) in [5.74, 6) is -0.325. The molecular formula is C4H7O3P. The van der Waals surface area contributed by atoms with E-state index in [4.69, 9.17) is 0 Å². The van der Waals surface area contributed by atoms with Crippen LogP contribution in [0.4, 0.5) is 0 Å². The van der Waals surface area contributed by atoms with Crippen LogP contribution in [-0.4, -0.2) is 18.7 Å². The maximum atomic E-state index is 9.99. The average molecular weight is 134 g/mol. The summed E-state index contributed by atoms with van der Waals surface area (Å²) >= 11 is 0. The predicted octanol–water partition coefficient (Wildman–Crippen LogP) is 0.841. The number of carbonyl (C=O) groups is 1. The van der Waals surface area contributed by atoms with E-state index in [1.807, 2.05) is 0 Å². The van der Waals surface area contributed by atoms with Crippen LogP contribution in [0, 0.1) is 0 Å². The van der Waals surface area contributed by atoms with Crippen LogP contribution in [0.1, 0.15) is 6.92 Å². The van der Waals surface area contributed by atoms with Gasteiger partial charge in [0.15, 0.2) is 8.46 Å². The van der Waals surface area contributed by atoms with E-state index in [1.54, 1.807) is 0 Å². The molecule has 4 heteroatoms. The minimum Gasteiger partial charge on any atom is -0.465 e. The quantitative estimate of drug-likeness (QED) is 0.326. The molecule has 0 heterocycles. The van der Waals surface area contributed by atoms with Gasteiger partial charge in [-0.3, -0.25) is 9.36 Å². The lowest BCUT2D eigenvalue weighted by Gasteiger charge is -1.92. The molecule has 0 atom stereocenters. The van der Waals surface area contributed by atoms with Crippen LogP contribution in [0.25, 0.3) is 0 Å². The summed E-state index contributed by atoms with van der Waals surface area (Å²) in [6.45, 7) is 1.57. The van der Waals surface area contributed by atoms with Crippen molar-refractivity contribution in [3.8, 4) is 0 Å². The zero-order chi connectivity index (χ0) is 6.41. The van der Waals surface area contributed by atoms with Crippen molar-refractivity contribution in [1.29, 1.82) is 0 Å². The standard InChI is InChI=1S/C4H7O3P/c1-4(5)7-2-3-8-6/h2-3H2,1H3. The second-order valence-electron chi connectivity index (χ2n) is 1.19. The summed E-state index contributed by atoms with van der Waals surface area (Å²) in [7, 11) is 0.0232. The van der Waals surface area contributed by atoms with Crippen molar-refractivity contribution in [2.24, 2.45) is 0 Å². The fraction of sp³-hybridized carbons (Fsp3) is 0.750. The highest BCUT2D eigenvalue weighted by molar-refractivity contribution is 7.23. The maximum absolute atomic E-state index is 9.99. The molecule has 0 saturated carbocycles. The Morgan fingerprint density at radius 2 is 2.38 bits per heavy atom. The van der Waals surface area contributed by atoms with Gasteiger partial charge in [-0.1, -0.05) is 0 Å². The Morgan fingerprint density at radius 3 is 2.75 bits per heavy atom. The van der Waals surface area contributed by atoms with Gasteiger partial charge >= 0.3 is 5.97 Å². The molecule has 0 saturated heterocycles. The molecule has 3 nitrogen and oxygen atoms in total. The summed E-state index contributed by atoms with van der Waals surface area (Å²) in [5.41, 5.74) is 0. The zero-order valence-electron chi connectivity index (χ0n) is 4.59. The van der Waals surface area contributed by atoms with Gasteiger partial charge in [-0.2, -0.15) is 0 Å². The van der Waals surface area contributed by atoms with Crippen LogP contribution in [0.5, 0.6) is 0 Å². The van der Waals surface area contributed by atoms with E-state index in [0.29, 0.717) is 6.16 Å².